The van der Waals surface area contributed by atoms with Gasteiger partial charge in [0.1, 0.15) is 0 Å². The molecule has 1 amide bonds. The van der Waals surface area contributed by atoms with Gasteiger partial charge in [-0.05, 0) is 18.4 Å². The minimum absolute atomic E-state index is 0.0642. The first-order valence-electron chi connectivity index (χ1n) is 8.02. The number of benzene rings is 1. The molecule has 0 heterocycles. The van der Waals surface area contributed by atoms with Gasteiger partial charge in [0.25, 0.3) is 0 Å². The van der Waals surface area contributed by atoms with E-state index in [1.54, 1.807) is 0 Å². The van der Waals surface area contributed by atoms with E-state index in [-0.39, 0.29) is 16.9 Å². The first-order valence-corrected chi connectivity index (χ1v) is 8.02. The fourth-order valence-corrected chi connectivity index (χ4v) is 3.13. The molecule has 3 nitrogen and oxygen atoms in total. The van der Waals surface area contributed by atoms with E-state index in [2.05, 4.69) is 31.3 Å². The topological polar surface area (TPSA) is 55.1 Å². The van der Waals surface area contributed by atoms with Crippen LogP contribution in [0.15, 0.2) is 30.3 Å². The third kappa shape index (κ3) is 4.57. The number of carbonyl (C=O) groups excluding carboxylic acids is 1. The summed E-state index contributed by atoms with van der Waals surface area (Å²) in [5.41, 5.74) is 7.25. The molecule has 1 saturated carbocycles. The van der Waals surface area contributed by atoms with E-state index in [0.717, 1.165) is 25.7 Å². The van der Waals surface area contributed by atoms with Crippen LogP contribution in [0.1, 0.15) is 57.9 Å². The Morgan fingerprint density at radius 2 is 1.81 bits per heavy atom. The van der Waals surface area contributed by atoms with Crippen LogP contribution in [0.4, 0.5) is 0 Å². The second-order valence-corrected chi connectivity index (χ2v) is 7.13. The quantitative estimate of drug-likeness (QED) is 0.874. The van der Waals surface area contributed by atoms with Crippen molar-refractivity contribution in [2.75, 3.05) is 6.54 Å². The molecule has 0 saturated heterocycles. The van der Waals surface area contributed by atoms with E-state index in [0.29, 0.717) is 13.0 Å². The molecule has 1 aromatic rings. The van der Waals surface area contributed by atoms with E-state index in [1.807, 2.05) is 18.2 Å². The van der Waals surface area contributed by atoms with Crippen LogP contribution < -0.4 is 11.1 Å². The standard InChI is InChI=1S/C18H28N2O/c1-17(2,15-9-5-3-6-10-15)14-20-16(21)13-18(19)11-7-4-8-12-18/h3,5-6,9-10H,4,7-8,11-14,19H2,1-2H3,(H,20,21). The number of nitrogens with two attached hydrogens (primary N) is 1. The fourth-order valence-electron chi connectivity index (χ4n) is 3.13. The molecule has 1 fully saturated rings. The summed E-state index contributed by atoms with van der Waals surface area (Å²) >= 11 is 0. The van der Waals surface area contributed by atoms with Crippen molar-refractivity contribution in [1.82, 2.24) is 5.32 Å². The molecule has 0 spiro atoms. The average Bonchev–Trinajstić information content (AvgIpc) is 2.46. The molecule has 0 atom stereocenters. The maximum absolute atomic E-state index is 12.2. The third-order valence-electron chi connectivity index (χ3n) is 4.64. The summed E-state index contributed by atoms with van der Waals surface area (Å²) < 4.78 is 0. The largest absolute Gasteiger partial charge is 0.355 e. The molecule has 3 N–H and O–H groups in total. The highest BCUT2D eigenvalue weighted by atomic mass is 16.1. The maximum Gasteiger partial charge on any atom is 0.221 e. The molecular weight excluding hydrogens is 260 g/mol. The molecule has 1 aliphatic rings. The Hall–Kier alpha value is -1.35. The van der Waals surface area contributed by atoms with Crippen molar-refractivity contribution in [3.8, 4) is 0 Å². The fraction of sp³-hybridized carbons (Fsp3) is 0.611. The SMILES string of the molecule is CC(C)(CNC(=O)CC1(N)CCCCC1)c1ccccc1. The Balaban J connectivity index is 1.86. The first-order chi connectivity index (χ1) is 9.91. The van der Waals surface area contributed by atoms with E-state index < -0.39 is 0 Å². The second kappa shape index (κ2) is 6.61. The van der Waals surface area contributed by atoms with Gasteiger partial charge in [-0.25, -0.2) is 0 Å². The van der Waals surface area contributed by atoms with Crippen molar-refractivity contribution >= 4 is 5.91 Å². The lowest BCUT2D eigenvalue weighted by Crippen LogP contribution is -2.47. The Morgan fingerprint density at radius 3 is 2.43 bits per heavy atom. The number of rotatable bonds is 5. The minimum Gasteiger partial charge on any atom is -0.355 e. The summed E-state index contributed by atoms with van der Waals surface area (Å²) in [5.74, 6) is 0.0865. The van der Waals surface area contributed by atoms with Crippen LogP contribution in [-0.2, 0) is 10.2 Å². The summed E-state index contributed by atoms with van der Waals surface area (Å²) in [7, 11) is 0. The van der Waals surface area contributed by atoms with Gasteiger partial charge < -0.3 is 11.1 Å². The van der Waals surface area contributed by atoms with Crippen LogP contribution in [0.5, 0.6) is 0 Å². The van der Waals surface area contributed by atoms with Crippen LogP contribution in [0.2, 0.25) is 0 Å². The lowest BCUT2D eigenvalue weighted by atomic mass is 9.80. The second-order valence-electron chi connectivity index (χ2n) is 7.13. The predicted molar refractivity (Wildman–Crippen MR) is 87.1 cm³/mol. The van der Waals surface area contributed by atoms with E-state index in [9.17, 15) is 4.79 Å². The van der Waals surface area contributed by atoms with Gasteiger partial charge in [-0.1, -0.05) is 63.4 Å². The van der Waals surface area contributed by atoms with Crippen LogP contribution in [0, 0.1) is 0 Å². The van der Waals surface area contributed by atoms with Crippen LogP contribution in [-0.4, -0.2) is 18.0 Å². The van der Waals surface area contributed by atoms with Crippen molar-refractivity contribution < 1.29 is 4.79 Å². The summed E-state index contributed by atoms with van der Waals surface area (Å²) in [6.07, 6.45) is 5.96. The lowest BCUT2D eigenvalue weighted by molar-refractivity contribution is -0.122. The van der Waals surface area contributed by atoms with Crippen molar-refractivity contribution in [3.63, 3.8) is 0 Å². The number of nitrogens with one attached hydrogen (secondary N) is 1. The zero-order valence-electron chi connectivity index (χ0n) is 13.3. The Morgan fingerprint density at radius 1 is 1.19 bits per heavy atom. The predicted octanol–water partition coefficient (Wildman–Crippen LogP) is 3.13. The Labute approximate surface area is 128 Å². The monoisotopic (exact) mass is 288 g/mol. The van der Waals surface area contributed by atoms with Crippen molar-refractivity contribution in [1.29, 1.82) is 0 Å². The molecule has 0 aliphatic heterocycles. The molecule has 0 radical (unpaired) electrons. The van der Waals surface area contributed by atoms with Crippen LogP contribution in [0.25, 0.3) is 0 Å². The molecule has 1 aliphatic carbocycles. The molecule has 2 rings (SSSR count). The van der Waals surface area contributed by atoms with Gasteiger partial charge in [-0.2, -0.15) is 0 Å². The van der Waals surface area contributed by atoms with Crippen LogP contribution in [0.3, 0.4) is 0 Å². The lowest BCUT2D eigenvalue weighted by Gasteiger charge is -2.33. The smallest absolute Gasteiger partial charge is 0.221 e. The number of carbonyl (C=O) groups is 1. The zero-order valence-corrected chi connectivity index (χ0v) is 13.3. The third-order valence-corrected chi connectivity index (χ3v) is 4.64. The normalized spacial score (nSPS) is 18.2. The minimum atomic E-state index is -0.279. The molecule has 0 bridgehead atoms. The van der Waals surface area contributed by atoms with Gasteiger partial charge >= 0.3 is 0 Å². The van der Waals surface area contributed by atoms with Gasteiger partial charge in [0.05, 0.1) is 0 Å². The Kier molecular flexibility index (Phi) is 5.04. The number of hydrogen-bond donors (Lipinski definition) is 2. The van der Waals surface area contributed by atoms with Crippen LogP contribution >= 0.6 is 0 Å². The first kappa shape index (κ1) is 16.0. The highest BCUT2D eigenvalue weighted by Crippen LogP contribution is 2.28. The zero-order chi connectivity index (χ0) is 15.3. The average molecular weight is 288 g/mol. The van der Waals surface area contributed by atoms with E-state index >= 15 is 0 Å². The van der Waals surface area contributed by atoms with Gasteiger partial charge in [-0.3, -0.25) is 4.79 Å². The summed E-state index contributed by atoms with van der Waals surface area (Å²) in [6.45, 7) is 4.95. The molecule has 0 aromatic heterocycles. The van der Waals surface area contributed by atoms with Gasteiger partial charge in [0.2, 0.25) is 5.91 Å². The number of amides is 1. The van der Waals surface area contributed by atoms with E-state index in [4.69, 9.17) is 5.73 Å². The molecular formula is C18H28N2O. The van der Waals surface area contributed by atoms with Gasteiger partial charge in [-0.15, -0.1) is 0 Å². The van der Waals surface area contributed by atoms with Crippen molar-refractivity contribution in [3.05, 3.63) is 35.9 Å². The molecule has 21 heavy (non-hydrogen) atoms. The van der Waals surface area contributed by atoms with Crippen molar-refractivity contribution in [2.24, 2.45) is 5.73 Å². The van der Waals surface area contributed by atoms with Gasteiger partial charge in [0, 0.05) is 23.9 Å². The van der Waals surface area contributed by atoms with Crippen molar-refractivity contribution in [2.45, 2.75) is 63.3 Å². The maximum atomic E-state index is 12.2. The summed E-state index contributed by atoms with van der Waals surface area (Å²) in [4.78, 5) is 12.2. The summed E-state index contributed by atoms with van der Waals surface area (Å²) in [5, 5.41) is 3.07. The Bertz CT molecular complexity index is 461. The molecule has 116 valence electrons. The molecule has 1 aromatic carbocycles. The summed E-state index contributed by atoms with van der Waals surface area (Å²) in [6, 6.07) is 10.3. The van der Waals surface area contributed by atoms with Gasteiger partial charge in [0.15, 0.2) is 0 Å². The number of hydrogen-bond acceptors (Lipinski definition) is 2. The molecule has 3 heteroatoms. The molecule has 0 unspecified atom stereocenters. The highest BCUT2D eigenvalue weighted by Gasteiger charge is 2.30. The highest BCUT2D eigenvalue weighted by molar-refractivity contribution is 5.77. The van der Waals surface area contributed by atoms with E-state index in [1.165, 1.54) is 12.0 Å².